The Hall–Kier alpha value is -1.00. The average Bonchev–Trinajstić information content (AvgIpc) is 2.79. The Morgan fingerprint density at radius 2 is 1.35 bits per heavy atom. The molecule has 0 spiro atoms. The zero-order valence-corrected chi connectivity index (χ0v) is 20.5. The van der Waals surface area contributed by atoms with Gasteiger partial charge >= 0.3 is 5.04 Å². The first-order valence-electron chi connectivity index (χ1n) is 13.0. The van der Waals surface area contributed by atoms with E-state index in [1.54, 1.807) is 0 Å². The van der Waals surface area contributed by atoms with E-state index in [1.165, 1.54) is 64.2 Å². The third kappa shape index (κ3) is 8.46. The summed E-state index contributed by atoms with van der Waals surface area (Å²) in [5.74, 6) is -0.156. The van der Waals surface area contributed by atoms with Gasteiger partial charge in [0.05, 0.1) is 5.25 Å². The fourth-order valence-electron chi connectivity index (χ4n) is 5.42. The van der Waals surface area contributed by atoms with E-state index >= 15 is 0 Å². The summed E-state index contributed by atoms with van der Waals surface area (Å²) in [6, 6.07) is 0. The molecule has 0 unspecified atom stereocenters. The summed E-state index contributed by atoms with van der Waals surface area (Å²) < 4.78 is 26.0. The molecule has 0 aromatic heterocycles. The van der Waals surface area contributed by atoms with Crippen LogP contribution < -0.4 is 0 Å². The number of unbranched alkanes of at least 4 members (excludes halogenated alkanes) is 8. The lowest BCUT2D eigenvalue weighted by Gasteiger charge is -2.27. The van der Waals surface area contributed by atoms with E-state index in [4.69, 9.17) is 0 Å². The lowest BCUT2D eigenvalue weighted by Crippen LogP contribution is -2.39. The number of Topliss-reactive ketones (excluding diaryl/α,β-unsaturated/α-hetero) is 1. The predicted molar refractivity (Wildman–Crippen MR) is 127 cm³/mol. The van der Waals surface area contributed by atoms with E-state index in [2.05, 4.69) is 11.7 Å². The van der Waals surface area contributed by atoms with Gasteiger partial charge in [-0.3, -0.25) is 4.79 Å². The molecule has 0 N–H and O–H groups in total. The second-order valence-electron chi connectivity index (χ2n) is 9.91. The average molecular weight is 453 g/mol. The number of sulfone groups is 1. The van der Waals surface area contributed by atoms with Gasteiger partial charge in [-0.1, -0.05) is 90.4 Å². The molecule has 2 fully saturated rings. The van der Waals surface area contributed by atoms with Crippen molar-refractivity contribution in [3.05, 3.63) is 5.53 Å². The second-order valence-corrected chi connectivity index (χ2v) is 12.1. The summed E-state index contributed by atoms with van der Waals surface area (Å²) in [4.78, 5) is 15.7. The van der Waals surface area contributed by atoms with Crippen LogP contribution >= 0.6 is 0 Å². The standard InChI is InChI=1S/C25H44N2O3S/c1-2-3-4-5-6-7-8-9-11-14-21-17-19-23(20-18-21)31(29,30)25(27-26)24(28)22-15-12-10-13-16-22/h21-23H,2-20H2,1H3. The summed E-state index contributed by atoms with van der Waals surface area (Å²) >= 11 is 0. The van der Waals surface area contributed by atoms with Crippen LogP contribution in [0.4, 0.5) is 0 Å². The minimum absolute atomic E-state index is 0.294. The Labute approximate surface area is 190 Å². The third-order valence-electron chi connectivity index (χ3n) is 7.50. The summed E-state index contributed by atoms with van der Waals surface area (Å²) in [5, 5.41) is -1.13. The zero-order valence-electron chi connectivity index (χ0n) is 19.7. The molecule has 0 bridgehead atoms. The highest BCUT2D eigenvalue weighted by Gasteiger charge is 2.45. The van der Waals surface area contributed by atoms with Crippen molar-refractivity contribution in [2.24, 2.45) is 11.8 Å². The smallest absolute Gasteiger partial charge is 0.360 e. The van der Waals surface area contributed by atoms with Crippen LogP contribution in [0.3, 0.4) is 0 Å². The van der Waals surface area contributed by atoms with Gasteiger partial charge < -0.3 is 5.53 Å². The molecule has 0 amide bonds. The molecule has 0 saturated heterocycles. The van der Waals surface area contributed by atoms with E-state index < -0.39 is 25.9 Å². The van der Waals surface area contributed by atoms with Crippen molar-refractivity contribution in [2.75, 3.05) is 0 Å². The molecule has 5 nitrogen and oxygen atoms in total. The lowest BCUT2D eigenvalue weighted by molar-refractivity contribution is -0.120. The molecule has 2 aliphatic carbocycles. The lowest BCUT2D eigenvalue weighted by atomic mass is 9.85. The molecular weight excluding hydrogens is 408 g/mol. The molecule has 178 valence electrons. The zero-order chi connectivity index (χ0) is 22.5. The van der Waals surface area contributed by atoms with E-state index in [-0.39, 0.29) is 5.92 Å². The van der Waals surface area contributed by atoms with Gasteiger partial charge in [-0.15, -0.1) is 4.79 Å². The molecule has 0 atom stereocenters. The molecule has 0 aromatic rings. The maximum atomic E-state index is 13.0. The van der Waals surface area contributed by atoms with E-state index in [0.717, 1.165) is 32.1 Å². The highest BCUT2D eigenvalue weighted by molar-refractivity contribution is 8.08. The fraction of sp³-hybridized carbons (Fsp3) is 0.920. The summed E-state index contributed by atoms with van der Waals surface area (Å²) in [6.45, 7) is 2.25. The van der Waals surface area contributed by atoms with Crippen LogP contribution in [0, 0.1) is 11.8 Å². The van der Waals surface area contributed by atoms with Gasteiger partial charge in [-0.2, -0.15) is 0 Å². The van der Waals surface area contributed by atoms with E-state index in [9.17, 15) is 18.7 Å². The van der Waals surface area contributed by atoms with Crippen LogP contribution in [-0.2, 0) is 14.6 Å². The Kier molecular flexibility index (Phi) is 12.0. The molecule has 2 saturated carbocycles. The Bertz CT molecular complexity index is 684. The highest BCUT2D eigenvalue weighted by Crippen LogP contribution is 2.33. The molecule has 0 aromatic carbocycles. The normalized spacial score (nSPS) is 22.7. The molecule has 0 radical (unpaired) electrons. The van der Waals surface area contributed by atoms with E-state index in [0.29, 0.717) is 31.6 Å². The van der Waals surface area contributed by atoms with Gasteiger partial charge in [-0.25, -0.2) is 8.42 Å². The number of carbonyl (C=O) groups excluding carboxylic acids is 1. The third-order valence-corrected chi connectivity index (χ3v) is 9.67. The summed E-state index contributed by atoms with van der Waals surface area (Å²) in [5.41, 5.74) is 9.38. The summed E-state index contributed by atoms with van der Waals surface area (Å²) in [6.07, 6.45) is 20.5. The van der Waals surface area contributed by atoms with Gasteiger partial charge in [-0.05, 0) is 44.4 Å². The van der Waals surface area contributed by atoms with Gasteiger partial charge in [0.25, 0.3) is 15.6 Å². The Balaban J connectivity index is 1.69. The van der Waals surface area contributed by atoms with Crippen molar-refractivity contribution < 1.29 is 18.0 Å². The molecule has 0 aliphatic heterocycles. The van der Waals surface area contributed by atoms with Crippen molar-refractivity contribution in [3.8, 4) is 0 Å². The molecular formula is C25H44N2O3S. The molecule has 6 heteroatoms. The van der Waals surface area contributed by atoms with Crippen molar-refractivity contribution in [2.45, 2.75) is 134 Å². The SMILES string of the molecule is CCCCCCCCCCCC1CCC(S(=O)(=O)C(=[N+]=[N-])C(=O)C2CCCCC2)CC1. The van der Waals surface area contributed by atoms with Crippen LogP contribution in [0.15, 0.2) is 0 Å². The van der Waals surface area contributed by atoms with Crippen LogP contribution in [-0.4, -0.2) is 29.3 Å². The minimum Gasteiger partial charge on any atom is -0.360 e. The predicted octanol–water partition coefficient (Wildman–Crippen LogP) is 6.66. The van der Waals surface area contributed by atoms with Crippen LogP contribution in [0.2, 0.25) is 0 Å². The second kappa shape index (κ2) is 14.2. The van der Waals surface area contributed by atoms with Crippen molar-refractivity contribution in [1.29, 1.82) is 0 Å². The van der Waals surface area contributed by atoms with Gasteiger partial charge in [0.15, 0.2) is 0 Å². The van der Waals surface area contributed by atoms with Gasteiger partial charge in [0.2, 0.25) is 0 Å². The van der Waals surface area contributed by atoms with Crippen molar-refractivity contribution in [1.82, 2.24) is 0 Å². The molecule has 2 aliphatic rings. The number of hydrogen-bond donors (Lipinski definition) is 0. The Morgan fingerprint density at radius 3 is 1.90 bits per heavy atom. The van der Waals surface area contributed by atoms with Crippen LogP contribution in [0.25, 0.3) is 5.53 Å². The molecule has 0 heterocycles. The first-order chi connectivity index (χ1) is 15.0. The number of nitrogens with zero attached hydrogens (tertiary/aromatic N) is 2. The van der Waals surface area contributed by atoms with Gasteiger partial charge in [0, 0.05) is 5.92 Å². The quantitative estimate of drug-likeness (QED) is 0.103. The highest BCUT2D eigenvalue weighted by atomic mass is 32.2. The fourth-order valence-corrected chi connectivity index (χ4v) is 7.19. The Morgan fingerprint density at radius 1 is 0.806 bits per heavy atom. The number of hydrogen-bond acceptors (Lipinski definition) is 3. The first-order valence-corrected chi connectivity index (χ1v) is 14.6. The van der Waals surface area contributed by atoms with Crippen molar-refractivity contribution in [3.63, 3.8) is 0 Å². The topological polar surface area (TPSA) is 87.6 Å². The minimum atomic E-state index is -3.84. The maximum Gasteiger partial charge on any atom is 0.447 e. The number of rotatable bonds is 13. The number of carbonyl (C=O) groups is 1. The molecule has 31 heavy (non-hydrogen) atoms. The first kappa shape index (κ1) is 26.3. The van der Waals surface area contributed by atoms with Crippen LogP contribution in [0.1, 0.15) is 129 Å². The maximum absolute atomic E-state index is 13.0. The van der Waals surface area contributed by atoms with Crippen LogP contribution in [0.5, 0.6) is 0 Å². The van der Waals surface area contributed by atoms with Crippen molar-refractivity contribution >= 4 is 20.7 Å². The number of ketones is 1. The largest absolute Gasteiger partial charge is 0.447 e. The van der Waals surface area contributed by atoms with E-state index in [1.807, 2.05) is 0 Å². The summed E-state index contributed by atoms with van der Waals surface area (Å²) in [7, 11) is -3.84. The molecule has 2 rings (SSSR count). The monoisotopic (exact) mass is 452 g/mol. The van der Waals surface area contributed by atoms with Gasteiger partial charge in [0.1, 0.15) is 0 Å².